The number of nitriles is 1. The lowest BCUT2D eigenvalue weighted by atomic mass is 9.84. The van der Waals surface area contributed by atoms with Crippen LogP contribution in [0.1, 0.15) is 49.1 Å². The first kappa shape index (κ1) is 22.3. The maximum absolute atomic E-state index is 12.5. The number of ether oxygens (including phenoxy) is 1. The van der Waals surface area contributed by atoms with Gasteiger partial charge in [-0.05, 0) is 74.9 Å². The topological polar surface area (TPSA) is 95.3 Å². The molecule has 174 valence electrons. The number of aromatic nitrogens is 1. The molecule has 3 aliphatic rings. The first-order valence-corrected chi connectivity index (χ1v) is 13.3. The molecule has 0 amide bonds. The van der Waals surface area contributed by atoms with Crippen molar-refractivity contribution < 1.29 is 13.2 Å². The van der Waals surface area contributed by atoms with E-state index in [1.54, 1.807) is 18.3 Å². The zero-order chi connectivity index (χ0) is 22.8. The minimum absolute atomic E-state index is 0.00379. The van der Waals surface area contributed by atoms with Crippen LogP contribution in [0.3, 0.4) is 0 Å². The van der Waals surface area contributed by atoms with Crippen LogP contribution in [0.25, 0.3) is 0 Å². The van der Waals surface area contributed by atoms with Crippen LogP contribution in [0.5, 0.6) is 5.75 Å². The Bertz CT molecular complexity index is 1120. The molecule has 1 saturated carbocycles. The largest absolute Gasteiger partial charge is 0.493 e. The normalized spacial score (nSPS) is 27.2. The van der Waals surface area contributed by atoms with Crippen LogP contribution in [0, 0.1) is 23.2 Å². The van der Waals surface area contributed by atoms with Crippen LogP contribution in [-0.4, -0.2) is 50.6 Å². The van der Waals surface area contributed by atoms with Gasteiger partial charge in [0.25, 0.3) is 0 Å². The Balaban J connectivity index is 1.10. The van der Waals surface area contributed by atoms with Crippen molar-refractivity contribution >= 4 is 10.0 Å². The van der Waals surface area contributed by atoms with Crippen molar-refractivity contribution in [3.8, 4) is 11.8 Å². The Labute approximate surface area is 195 Å². The monoisotopic (exact) mass is 466 g/mol. The van der Waals surface area contributed by atoms with Crippen molar-refractivity contribution in [1.29, 1.82) is 5.26 Å². The SMILES string of the molecule is N#Cc1ccc2c(c1)[C@@H]1CN(CC[C@H]3CC[C@H](NS(=O)(=O)c4cccnc4)CC3)C[C@H]1CO2. The molecule has 5 rings (SSSR count). The summed E-state index contributed by atoms with van der Waals surface area (Å²) in [6, 6.07) is 11.3. The molecular formula is C25H30N4O3S. The lowest BCUT2D eigenvalue weighted by Crippen LogP contribution is -2.38. The third-order valence-electron chi connectivity index (χ3n) is 7.47. The predicted molar refractivity (Wildman–Crippen MR) is 124 cm³/mol. The Kier molecular flexibility index (Phi) is 6.37. The minimum Gasteiger partial charge on any atom is -0.493 e. The summed E-state index contributed by atoms with van der Waals surface area (Å²) in [4.78, 5) is 6.70. The van der Waals surface area contributed by atoms with Gasteiger partial charge in [0.1, 0.15) is 10.6 Å². The first-order valence-electron chi connectivity index (χ1n) is 11.8. The Morgan fingerprint density at radius 2 is 2.03 bits per heavy atom. The van der Waals surface area contributed by atoms with Crippen molar-refractivity contribution in [3.05, 3.63) is 53.9 Å². The Hall–Kier alpha value is -2.47. The number of nitrogens with zero attached hydrogens (tertiary/aromatic N) is 3. The van der Waals surface area contributed by atoms with Gasteiger partial charge in [0.2, 0.25) is 10.0 Å². The minimum atomic E-state index is -3.50. The average molecular weight is 467 g/mol. The van der Waals surface area contributed by atoms with Crippen molar-refractivity contribution in [3.63, 3.8) is 0 Å². The van der Waals surface area contributed by atoms with Crippen molar-refractivity contribution in [2.45, 2.75) is 49.0 Å². The molecule has 1 saturated heterocycles. The summed E-state index contributed by atoms with van der Waals surface area (Å²) < 4.78 is 33.9. The lowest BCUT2D eigenvalue weighted by molar-refractivity contribution is 0.208. The number of pyridine rings is 1. The molecule has 1 aliphatic carbocycles. The molecule has 0 bridgehead atoms. The van der Waals surface area contributed by atoms with E-state index in [4.69, 9.17) is 4.74 Å². The molecule has 2 atom stereocenters. The summed E-state index contributed by atoms with van der Waals surface area (Å²) >= 11 is 0. The third-order valence-corrected chi connectivity index (χ3v) is 8.98. The van der Waals surface area contributed by atoms with E-state index in [9.17, 15) is 13.7 Å². The summed E-state index contributed by atoms with van der Waals surface area (Å²) in [7, 11) is -3.50. The van der Waals surface area contributed by atoms with E-state index in [0.29, 0.717) is 23.3 Å². The fourth-order valence-electron chi connectivity index (χ4n) is 5.63. The second-order valence-corrected chi connectivity index (χ2v) is 11.3. The molecular weight excluding hydrogens is 436 g/mol. The van der Waals surface area contributed by atoms with E-state index < -0.39 is 10.0 Å². The molecule has 33 heavy (non-hydrogen) atoms. The number of sulfonamides is 1. The van der Waals surface area contributed by atoms with Crippen LogP contribution in [0.2, 0.25) is 0 Å². The van der Waals surface area contributed by atoms with Crippen LogP contribution >= 0.6 is 0 Å². The van der Waals surface area contributed by atoms with Gasteiger partial charge in [-0.3, -0.25) is 4.98 Å². The Morgan fingerprint density at radius 3 is 2.79 bits per heavy atom. The highest BCUT2D eigenvalue weighted by molar-refractivity contribution is 7.89. The van der Waals surface area contributed by atoms with Gasteiger partial charge in [-0.25, -0.2) is 13.1 Å². The van der Waals surface area contributed by atoms with E-state index in [0.717, 1.165) is 64.1 Å². The molecule has 2 aliphatic heterocycles. The maximum Gasteiger partial charge on any atom is 0.242 e. The molecule has 2 fully saturated rings. The first-order chi connectivity index (χ1) is 16.0. The number of nitrogens with one attached hydrogen (secondary N) is 1. The van der Waals surface area contributed by atoms with Gasteiger partial charge >= 0.3 is 0 Å². The predicted octanol–water partition coefficient (Wildman–Crippen LogP) is 3.29. The zero-order valence-corrected chi connectivity index (χ0v) is 19.5. The van der Waals surface area contributed by atoms with Gasteiger partial charge in [0.05, 0.1) is 18.2 Å². The fourth-order valence-corrected chi connectivity index (χ4v) is 6.90. The molecule has 8 heteroatoms. The van der Waals surface area contributed by atoms with E-state index >= 15 is 0 Å². The number of hydrogen-bond acceptors (Lipinski definition) is 6. The molecule has 0 spiro atoms. The third kappa shape index (κ3) is 4.91. The van der Waals surface area contributed by atoms with Crippen LogP contribution < -0.4 is 9.46 Å². The van der Waals surface area contributed by atoms with Gasteiger partial charge in [-0.1, -0.05) is 0 Å². The average Bonchev–Trinajstić information content (AvgIpc) is 3.27. The fraction of sp³-hybridized carbons (Fsp3) is 0.520. The standard InChI is InChI=1S/C25H30N4O3S/c26-13-19-5-8-25-23(12-19)24-16-29(15-20(24)17-32-25)11-9-18-3-6-21(7-4-18)28-33(30,31)22-2-1-10-27-14-22/h1-2,5,8,10,12,14,18,20-21,24,28H,3-4,6-7,9,11,15-17H2/t18-,20-,21-,24+/m0/s1. The van der Waals surface area contributed by atoms with Gasteiger partial charge in [0, 0.05) is 48.9 Å². The highest BCUT2D eigenvalue weighted by Gasteiger charge is 2.39. The maximum atomic E-state index is 12.5. The summed E-state index contributed by atoms with van der Waals surface area (Å²) in [5.41, 5.74) is 1.89. The number of hydrogen-bond donors (Lipinski definition) is 1. The van der Waals surface area contributed by atoms with Gasteiger partial charge in [-0.2, -0.15) is 5.26 Å². The molecule has 1 aromatic heterocycles. The second kappa shape index (κ2) is 9.41. The van der Waals surface area contributed by atoms with Crippen LogP contribution in [0.4, 0.5) is 0 Å². The zero-order valence-electron chi connectivity index (χ0n) is 18.7. The molecule has 1 aromatic carbocycles. The molecule has 3 heterocycles. The highest BCUT2D eigenvalue weighted by Crippen LogP contribution is 2.42. The number of likely N-dealkylation sites (tertiary alicyclic amines) is 1. The number of rotatable bonds is 6. The summed E-state index contributed by atoms with van der Waals surface area (Å²) in [6.45, 7) is 3.89. The smallest absolute Gasteiger partial charge is 0.242 e. The summed E-state index contributed by atoms with van der Waals surface area (Å²) in [5.74, 6) is 2.51. The molecule has 0 unspecified atom stereocenters. The number of fused-ring (bicyclic) bond motifs is 3. The lowest BCUT2D eigenvalue weighted by Gasteiger charge is -2.30. The van der Waals surface area contributed by atoms with E-state index in [2.05, 4.69) is 20.7 Å². The Morgan fingerprint density at radius 1 is 1.18 bits per heavy atom. The summed E-state index contributed by atoms with van der Waals surface area (Å²) in [5, 5.41) is 9.26. The van der Waals surface area contributed by atoms with Crippen LogP contribution in [0.15, 0.2) is 47.6 Å². The molecule has 0 radical (unpaired) electrons. The van der Waals surface area contributed by atoms with Gasteiger partial charge in [0.15, 0.2) is 0 Å². The van der Waals surface area contributed by atoms with E-state index in [-0.39, 0.29) is 10.9 Å². The van der Waals surface area contributed by atoms with Gasteiger partial charge in [-0.15, -0.1) is 0 Å². The quantitative estimate of drug-likeness (QED) is 0.702. The van der Waals surface area contributed by atoms with Gasteiger partial charge < -0.3 is 9.64 Å². The van der Waals surface area contributed by atoms with E-state index in [1.807, 2.05) is 18.2 Å². The second-order valence-electron chi connectivity index (χ2n) is 9.62. The van der Waals surface area contributed by atoms with E-state index in [1.165, 1.54) is 11.8 Å². The molecule has 2 aromatic rings. The number of benzene rings is 1. The molecule has 1 N–H and O–H groups in total. The highest BCUT2D eigenvalue weighted by atomic mass is 32.2. The molecule has 7 nitrogen and oxygen atoms in total. The van der Waals surface area contributed by atoms with Crippen molar-refractivity contribution in [1.82, 2.24) is 14.6 Å². The summed E-state index contributed by atoms with van der Waals surface area (Å²) in [6.07, 6.45) is 7.99. The van der Waals surface area contributed by atoms with Crippen molar-refractivity contribution in [2.24, 2.45) is 11.8 Å². The van der Waals surface area contributed by atoms with Crippen molar-refractivity contribution in [2.75, 3.05) is 26.2 Å². The van der Waals surface area contributed by atoms with Crippen LogP contribution in [-0.2, 0) is 10.0 Å².